The zero-order valence-corrected chi connectivity index (χ0v) is 18.9. The number of carbonyl (C=O) groups excluding carboxylic acids is 1. The predicted molar refractivity (Wildman–Crippen MR) is 113 cm³/mol. The van der Waals surface area contributed by atoms with Crippen LogP contribution in [0.15, 0.2) is 17.3 Å². The third-order valence-corrected chi connectivity index (χ3v) is 4.98. The van der Waals surface area contributed by atoms with Gasteiger partial charge in [-0.3, -0.25) is 4.79 Å². The molecule has 11 heteroatoms. The average Bonchev–Trinajstić information content (AvgIpc) is 3.04. The molecule has 0 aliphatic carbocycles. The molecule has 2 N–H and O–H groups in total. The van der Waals surface area contributed by atoms with Crippen molar-refractivity contribution >= 4 is 29.3 Å². The van der Waals surface area contributed by atoms with E-state index in [1.54, 1.807) is 36.7 Å². The molecule has 0 saturated carbocycles. The molecular formula is C18H27ClN6O3S. The number of ether oxygens (including phenoxy) is 2. The van der Waals surface area contributed by atoms with E-state index >= 15 is 0 Å². The van der Waals surface area contributed by atoms with E-state index < -0.39 is 0 Å². The summed E-state index contributed by atoms with van der Waals surface area (Å²) in [5.41, 5.74) is 0.555. The first kappa shape index (κ1) is 23.2. The number of hydrogen-bond acceptors (Lipinski definition) is 8. The van der Waals surface area contributed by atoms with E-state index in [1.807, 2.05) is 26.8 Å². The highest BCUT2D eigenvalue weighted by atomic mass is 35.5. The second-order valence-electron chi connectivity index (χ2n) is 7.29. The van der Waals surface area contributed by atoms with Gasteiger partial charge in [-0.25, -0.2) is 4.68 Å². The van der Waals surface area contributed by atoms with Crippen molar-refractivity contribution in [2.75, 3.05) is 26.0 Å². The Balaban J connectivity index is 1.86. The maximum Gasteiger partial charge on any atom is 0.258 e. The summed E-state index contributed by atoms with van der Waals surface area (Å²) < 4.78 is 12.6. The van der Waals surface area contributed by atoms with Crippen molar-refractivity contribution in [3.05, 3.63) is 22.7 Å². The Morgan fingerprint density at radius 3 is 2.69 bits per heavy atom. The first-order valence-corrected chi connectivity index (χ1v) is 10.4. The van der Waals surface area contributed by atoms with Crippen molar-refractivity contribution in [2.24, 2.45) is 7.05 Å². The maximum atomic E-state index is 12.0. The molecule has 1 heterocycles. The van der Waals surface area contributed by atoms with Crippen LogP contribution >= 0.6 is 23.4 Å². The lowest BCUT2D eigenvalue weighted by atomic mass is 10.1. The Morgan fingerprint density at radius 2 is 2.07 bits per heavy atom. The van der Waals surface area contributed by atoms with Crippen LogP contribution in [0.5, 0.6) is 11.5 Å². The van der Waals surface area contributed by atoms with Gasteiger partial charge in [-0.05, 0) is 42.8 Å². The number of rotatable bonds is 10. The first-order valence-electron chi connectivity index (χ1n) is 9.05. The molecule has 2 aromatic rings. The van der Waals surface area contributed by atoms with E-state index in [0.717, 1.165) is 23.0 Å². The van der Waals surface area contributed by atoms with Crippen LogP contribution < -0.4 is 20.1 Å². The number of methoxy groups -OCH3 is 1. The van der Waals surface area contributed by atoms with Crippen LogP contribution in [0.3, 0.4) is 0 Å². The summed E-state index contributed by atoms with van der Waals surface area (Å²) in [4.78, 5) is 12.0. The molecule has 1 amide bonds. The van der Waals surface area contributed by atoms with Gasteiger partial charge in [0.1, 0.15) is 0 Å². The number of aromatic nitrogens is 4. The summed E-state index contributed by atoms with van der Waals surface area (Å²) in [5, 5.41) is 18.8. The van der Waals surface area contributed by atoms with Crippen LogP contribution in [0.25, 0.3) is 0 Å². The third-order valence-electron chi connectivity index (χ3n) is 3.61. The average molecular weight is 443 g/mol. The van der Waals surface area contributed by atoms with Gasteiger partial charge in [0, 0.05) is 42.5 Å². The largest absolute Gasteiger partial charge is 0.493 e. The fourth-order valence-corrected chi connectivity index (χ4v) is 3.33. The topological polar surface area (TPSA) is 103 Å². The molecule has 1 aromatic carbocycles. The number of tetrazole rings is 1. The van der Waals surface area contributed by atoms with E-state index in [1.165, 1.54) is 0 Å². The van der Waals surface area contributed by atoms with Gasteiger partial charge in [0.2, 0.25) is 5.16 Å². The van der Waals surface area contributed by atoms with Crippen LogP contribution in [0.4, 0.5) is 0 Å². The van der Waals surface area contributed by atoms with Gasteiger partial charge >= 0.3 is 0 Å². The van der Waals surface area contributed by atoms with E-state index in [-0.39, 0.29) is 18.1 Å². The van der Waals surface area contributed by atoms with Gasteiger partial charge in [0.05, 0.1) is 7.11 Å². The lowest BCUT2D eigenvalue weighted by Crippen LogP contribution is -2.43. The second-order valence-corrected chi connectivity index (χ2v) is 8.76. The zero-order chi connectivity index (χ0) is 21.4. The summed E-state index contributed by atoms with van der Waals surface area (Å²) >= 11 is 7.95. The Kier molecular flexibility index (Phi) is 8.54. The summed E-state index contributed by atoms with van der Waals surface area (Å²) in [6.45, 7) is 6.93. The number of aryl methyl sites for hydroxylation is 1. The molecule has 0 saturated heterocycles. The highest BCUT2D eigenvalue weighted by molar-refractivity contribution is 7.99. The monoisotopic (exact) mass is 442 g/mol. The van der Waals surface area contributed by atoms with Crippen molar-refractivity contribution in [3.8, 4) is 11.5 Å². The molecule has 0 atom stereocenters. The molecule has 9 nitrogen and oxygen atoms in total. The minimum Gasteiger partial charge on any atom is -0.493 e. The smallest absolute Gasteiger partial charge is 0.258 e. The number of benzene rings is 1. The van der Waals surface area contributed by atoms with E-state index in [9.17, 15) is 4.79 Å². The summed E-state index contributed by atoms with van der Waals surface area (Å²) in [5.74, 6) is 1.55. The van der Waals surface area contributed by atoms with Crippen LogP contribution in [0.2, 0.25) is 5.02 Å². The second kappa shape index (κ2) is 10.7. The van der Waals surface area contributed by atoms with E-state index in [2.05, 4.69) is 26.2 Å². The quantitative estimate of drug-likeness (QED) is 0.425. The highest BCUT2D eigenvalue weighted by Gasteiger charge is 2.16. The van der Waals surface area contributed by atoms with Crippen molar-refractivity contribution in [3.63, 3.8) is 0 Å². The molecule has 2 rings (SSSR count). The lowest BCUT2D eigenvalue weighted by molar-refractivity contribution is -0.124. The van der Waals surface area contributed by atoms with E-state index in [4.69, 9.17) is 21.1 Å². The Hall–Kier alpha value is -2.04. The number of amides is 1. The molecular weight excluding hydrogens is 416 g/mol. The molecule has 0 unspecified atom stereocenters. The molecule has 0 aliphatic heterocycles. The van der Waals surface area contributed by atoms with Crippen molar-refractivity contribution in [1.29, 1.82) is 0 Å². The molecule has 0 radical (unpaired) electrons. The maximum absolute atomic E-state index is 12.0. The van der Waals surface area contributed by atoms with Gasteiger partial charge in [-0.15, -0.1) is 5.10 Å². The van der Waals surface area contributed by atoms with Gasteiger partial charge in [-0.1, -0.05) is 23.4 Å². The standard InChI is InChI=1S/C18H27ClN6O3S/c1-18(2,3)21-16(26)11-28-15-9-13(19)12(8-14(15)27-5)10-20-6-7-29-17-22-23-24-25(17)4/h8-9,20H,6-7,10-11H2,1-5H3,(H,21,26). The fraction of sp³-hybridized carbons (Fsp3) is 0.556. The number of halogens is 1. The zero-order valence-electron chi connectivity index (χ0n) is 17.3. The molecule has 0 bridgehead atoms. The van der Waals surface area contributed by atoms with Gasteiger partial charge in [0.15, 0.2) is 18.1 Å². The fourth-order valence-electron chi connectivity index (χ4n) is 2.36. The molecule has 0 fully saturated rings. The number of nitrogens with zero attached hydrogens (tertiary/aromatic N) is 4. The van der Waals surface area contributed by atoms with Crippen LogP contribution in [0.1, 0.15) is 26.3 Å². The van der Waals surface area contributed by atoms with Crippen LogP contribution in [-0.2, 0) is 18.4 Å². The molecule has 0 spiro atoms. The van der Waals surface area contributed by atoms with Gasteiger partial charge in [0.25, 0.3) is 5.91 Å². The third kappa shape index (κ3) is 7.71. The molecule has 160 valence electrons. The van der Waals surface area contributed by atoms with Crippen molar-refractivity contribution < 1.29 is 14.3 Å². The normalized spacial score (nSPS) is 11.4. The highest BCUT2D eigenvalue weighted by Crippen LogP contribution is 2.33. The Bertz CT molecular complexity index is 824. The number of carbonyl (C=O) groups is 1. The van der Waals surface area contributed by atoms with Gasteiger partial charge < -0.3 is 20.1 Å². The number of hydrogen-bond donors (Lipinski definition) is 2. The molecule has 29 heavy (non-hydrogen) atoms. The number of thioether (sulfide) groups is 1. The minimum atomic E-state index is -0.320. The molecule has 0 aliphatic rings. The lowest BCUT2D eigenvalue weighted by Gasteiger charge is -2.21. The Morgan fingerprint density at radius 1 is 1.31 bits per heavy atom. The summed E-state index contributed by atoms with van der Waals surface area (Å²) in [6.07, 6.45) is 0. The van der Waals surface area contributed by atoms with Crippen molar-refractivity contribution in [1.82, 2.24) is 30.8 Å². The predicted octanol–water partition coefficient (Wildman–Crippen LogP) is 2.05. The van der Waals surface area contributed by atoms with Gasteiger partial charge in [-0.2, -0.15) is 0 Å². The SMILES string of the molecule is COc1cc(CNCCSc2nnnn2C)c(Cl)cc1OCC(=O)NC(C)(C)C. The number of nitrogens with one attached hydrogen (secondary N) is 2. The van der Waals surface area contributed by atoms with Crippen LogP contribution in [-0.4, -0.2) is 57.7 Å². The Labute approximate surface area is 179 Å². The van der Waals surface area contributed by atoms with Crippen molar-refractivity contribution in [2.45, 2.75) is 38.0 Å². The first-order chi connectivity index (χ1) is 13.7. The summed E-state index contributed by atoms with van der Waals surface area (Å²) in [7, 11) is 3.35. The summed E-state index contributed by atoms with van der Waals surface area (Å²) in [6, 6.07) is 3.48. The minimum absolute atomic E-state index is 0.115. The van der Waals surface area contributed by atoms with E-state index in [0.29, 0.717) is 23.1 Å². The van der Waals surface area contributed by atoms with Crippen LogP contribution in [0, 0.1) is 0 Å². The molecule has 1 aromatic heterocycles.